The quantitative estimate of drug-likeness (QED) is 0.856. The van der Waals surface area contributed by atoms with Gasteiger partial charge in [0, 0.05) is 36.8 Å². The van der Waals surface area contributed by atoms with E-state index < -0.39 is 0 Å². The minimum absolute atomic E-state index is 0.107. The van der Waals surface area contributed by atoms with Crippen molar-refractivity contribution in [3.05, 3.63) is 35.5 Å². The molecule has 2 heterocycles. The standard InChI is InChI=1S/C15H16ClN3O2/c1-11(20)19-10-14(12-2-4-13(16)5-3-12)15(17-19)18-6-8-21-9-7-18/h2-5,10H,6-9H2,1H3. The van der Waals surface area contributed by atoms with Crippen LogP contribution in [0.3, 0.4) is 0 Å². The molecular formula is C15H16ClN3O2. The number of anilines is 1. The molecular weight excluding hydrogens is 290 g/mol. The number of hydrogen-bond acceptors (Lipinski definition) is 4. The number of rotatable bonds is 2. The molecule has 1 saturated heterocycles. The highest BCUT2D eigenvalue weighted by Gasteiger charge is 2.20. The largest absolute Gasteiger partial charge is 0.378 e. The lowest BCUT2D eigenvalue weighted by Crippen LogP contribution is -2.36. The Bertz CT molecular complexity index is 645. The van der Waals surface area contributed by atoms with E-state index in [1.807, 2.05) is 24.3 Å². The summed E-state index contributed by atoms with van der Waals surface area (Å²) < 4.78 is 6.76. The van der Waals surface area contributed by atoms with Crippen LogP contribution in [0.1, 0.15) is 11.7 Å². The maximum Gasteiger partial charge on any atom is 0.243 e. The fraction of sp³-hybridized carbons (Fsp3) is 0.333. The monoisotopic (exact) mass is 305 g/mol. The van der Waals surface area contributed by atoms with Gasteiger partial charge in [-0.05, 0) is 17.7 Å². The van der Waals surface area contributed by atoms with Gasteiger partial charge in [0.25, 0.3) is 0 Å². The third kappa shape index (κ3) is 2.94. The Hall–Kier alpha value is -1.85. The van der Waals surface area contributed by atoms with Gasteiger partial charge in [-0.1, -0.05) is 23.7 Å². The first-order chi connectivity index (χ1) is 10.1. The van der Waals surface area contributed by atoms with Gasteiger partial charge in [-0.2, -0.15) is 0 Å². The summed E-state index contributed by atoms with van der Waals surface area (Å²) in [5.74, 6) is 0.709. The van der Waals surface area contributed by atoms with E-state index in [-0.39, 0.29) is 5.91 Å². The van der Waals surface area contributed by atoms with Gasteiger partial charge in [0.15, 0.2) is 5.82 Å². The Kier molecular flexibility index (Phi) is 3.94. The molecule has 0 atom stereocenters. The van der Waals surface area contributed by atoms with Crippen molar-refractivity contribution in [3.8, 4) is 11.1 Å². The molecule has 3 rings (SSSR count). The SMILES string of the molecule is CC(=O)n1cc(-c2ccc(Cl)cc2)c(N2CCOCC2)n1. The fourth-order valence-electron chi connectivity index (χ4n) is 2.37. The van der Waals surface area contributed by atoms with Crippen molar-refractivity contribution < 1.29 is 9.53 Å². The summed E-state index contributed by atoms with van der Waals surface area (Å²) in [4.78, 5) is 13.8. The Morgan fingerprint density at radius 2 is 1.90 bits per heavy atom. The van der Waals surface area contributed by atoms with Crippen LogP contribution in [0.25, 0.3) is 11.1 Å². The number of aromatic nitrogens is 2. The molecule has 2 aromatic rings. The summed E-state index contributed by atoms with van der Waals surface area (Å²) in [6.45, 7) is 4.40. The summed E-state index contributed by atoms with van der Waals surface area (Å²) in [6, 6.07) is 7.55. The van der Waals surface area contributed by atoms with Crippen molar-refractivity contribution in [1.29, 1.82) is 0 Å². The predicted octanol–water partition coefficient (Wildman–Crippen LogP) is 2.70. The number of halogens is 1. The summed E-state index contributed by atoms with van der Waals surface area (Å²) in [6.07, 6.45) is 1.77. The smallest absolute Gasteiger partial charge is 0.243 e. The van der Waals surface area contributed by atoms with E-state index in [9.17, 15) is 4.79 Å². The molecule has 0 bridgehead atoms. The summed E-state index contributed by atoms with van der Waals surface area (Å²) in [7, 11) is 0. The van der Waals surface area contributed by atoms with E-state index in [4.69, 9.17) is 16.3 Å². The topological polar surface area (TPSA) is 47.4 Å². The van der Waals surface area contributed by atoms with Crippen LogP contribution in [0.4, 0.5) is 5.82 Å². The van der Waals surface area contributed by atoms with Crippen LogP contribution in [0.2, 0.25) is 5.02 Å². The number of ether oxygens (including phenoxy) is 1. The first-order valence-corrected chi connectivity index (χ1v) is 7.22. The van der Waals surface area contributed by atoms with E-state index in [0.29, 0.717) is 18.2 Å². The van der Waals surface area contributed by atoms with Crippen LogP contribution in [0.15, 0.2) is 30.5 Å². The van der Waals surface area contributed by atoms with Gasteiger partial charge < -0.3 is 9.64 Å². The minimum atomic E-state index is -0.107. The van der Waals surface area contributed by atoms with E-state index in [1.165, 1.54) is 11.6 Å². The van der Waals surface area contributed by atoms with Crippen molar-refractivity contribution in [3.63, 3.8) is 0 Å². The first kappa shape index (κ1) is 14.1. The average Bonchev–Trinajstić information content (AvgIpc) is 2.94. The second-order valence-electron chi connectivity index (χ2n) is 4.94. The summed E-state index contributed by atoms with van der Waals surface area (Å²) in [5, 5.41) is 5.12. The Balaban J connectivity index is 2.04. The Morgan fingerprint density at radius 1 is 1.24 bits per heavy atom. The van der Waals surface area contributed by atoms with Gasteiger partial charge in [0.1, 0.15) is 0 Å². The third-order valence-corrected chi connectivity index (χ3v) is 3.74. The number of benzene rings is 1. The molecule has 21 heavy (non-hydrogen) atoms. The number of hydrogen-bond donors (Lipinski definition) is 0. The Morgan fingerprint density at radius 3 is 2.52 bits per heavy atom. The van der Waals surface area contributed by atoms with Crippen molar-refractivity contribution >= 4 is 23.3 Å². The molecule has 6 heteroatoms. The maximum atomic E-state index is 11.6. The molecule has 1 fully saturated rings. The molecule has 0 spiro atoms. The minimum Gasteiger partial charge on any atom is -0.378 e. The second kappa shape index (κ2) is 5.87. The fourth-order valence-corrected chi connectivity index (χ4v) is 2.49. The van der Waals surface area contributed by atoms with Crippen LogP contribution < -0.4 is 4.90 Å². The zero-order valence-electron chi connectivity index (χ0n) is 11.8. The van der Waals surface area contributed by atoms with Crippen molar-refractivity contribution in [2.24, 2.45) is 0 Å². The zero-order chi connectivity index (χ0) is 14.8. The van der Waals surface area contributed by atoms with Gasteiger partial charge in [-0.3, -0.25) is 4.79 Å². The lowest BCUT2D eigenvalue weighted by atomic mass is 10.1. The lowest BCUT2D eigenvalue weighted by molar-refractivity contribution is 0.0921. The van der Waals surface area contributed by atoms with Crippen LogP contribution >= 0.6 is 11.6 Å². The number of morpholine rings is 1. The molecule has 1 aliphatic rings. The van der Waals surface area contributed by atoms with E-state index in [2.05, 4.69) is 10.00 Å². The number of carbonyl (C=O) groups is 1. The third-order valence-electron chi connectivity index (χ3n) is 3.48. The number of nitrogens with zero attached hydrogens (tertiary/aromatic N) is 3. The first-order valence-electron chi connectivity index (χ1n) is 6.84. The molecule has 1 aromatic carbocycles. The normalized spacial score (nSPS) is 15.2. The van der Waals surface area contributed by atoms with Gasteiger partial charge in [-0.15, -0.1) is 5.10 Å². The molecule has 5 nitrogen and oxygen atoms in total. The average molecular weight is 306 g/mol. The Labute approximate surface area is 128 Å². The van der Waals surface area contributed by atoms with E-state index in [0.717, 1.165) is 30.0 Å². The highest BCUT2D eigenvalue weighted by Crippen LogP contribution is 2.31. The van der Waals surface area contributed by atoms with E-state index in [1.54, 1.807) is 6.20 Å². The van der Waals surface area contributed by atoms with Crippen molar-refractivity contribution in [1.82, 2.24) is 9.78 Å². The second-order valence-corrected chi connectivity index (χ2v) is 5.37. The molecule has 0 unspecified atom stereocenters. The zero-order valence-corrected chi connectivity index (χ0v) is 12.5. The predicted molar refractivity (Wildman–Crippen MR) is 82.0 cm³/mol. The van der Waals surface area contributed by atoms with Crippen LogP contribution in [0.5, 0.6) is 0 Å². The van der Waals surface area contributed by atoms with Gasteiger partial charge in [-0.25, -0.2) is 4.68 Å². The molecule has 0 saturated carbocycles. The highest BCUT2D eigenvalue weighted by molar-refractivity contribution is 6.30. The molecule has 1 aromatic heterocycles. The molecule has 0 N–H and O–H groups in total. The van der Waals surface area contributed by atoms with Crippen LogP contribution in [-0.4, -0.2) is 42.0 Å². The molecule has 110 valence electrons. The summed E-state index contributed by atoms with van der Waals surface area (Å²) >= 11 is 5.94. The maximum absolute atomic E-state index is 11.6. The van der Waals surface area contributed by atoms with Gasteiger partial charge in [0.05, 0.1) is 13.2 Å². The van der Waals surface area contributed by atoms with Crippen molar-refractivity contribution in [2.45, 2.75) is 6.92 Å². The molecule has 1 aliphatic heterocycles. The van der Waals surface area contributed by atoms with Crippen LogP contribution in [-0.2, 0) is 4.74 Å². The number of carbonyl (C=O) groups excluding carboxylic acids is 1. The highest BCUT2D eigenvalue weighted by atomic mass is 35.5. The van der Waals surface area contributed by atoms with Gasteiger partial charge >= 0.3 is 0 Å². The summed E-state index contributed by atoms with van der Waals surface area (Å²) in [5.41, 5.74) is 1.93. The van der Waals surface area contributed by atoms with Gasteiger partial charge in [0.2, 0.25) is 5.91 Å². The molecule has 0 radical (unpaired) electrons. The molecule has 0 amide bonds. The van der Waals surface area contributed by atoms with Crippen molar-refractivity contribution in [2.75, 3.05) is 31.2 Å². The lowest BCUT2D eigenvalue weighted by Gasteiger charge is -2.27. The van der Waals surface area contributed by atoms with Crippen LogP contribution in [0, 0.1) is 0 Å². The van der Waals surface area contributed by atoms with E-state index >= 15 is 0 Å². The molecule has 0 aliphatic carbocycles.